The fraction of sp³-hybridized carbons (Fsp3) is 0.943. The van der Waals surface area contributed by atoms with E-state index in [1.54, 1.807) is 0 Å². The zero-order valence-corrected chi connectivity index (χ0v) is 40.2. The molecule has 0 aromatic heterocycles. The average molecular weight is 835 g/mol. The van der Waals surface area contributed by atoms with Crippen LogP contribution in [0.5, 0.6) is 0 Å². The molecule has 0 aromatic rings. The van der Waals surface area contributed by atoms with Gasteiger partial charge < -0.3 is 14.2 Å². The van der Waals surface area contributed by atoms with E-state index in [1.807, 2.05) is 0 Å². The van der Waals surface area contributed by atoms with Gasteiger partial charge in [0.25, 0.3) is 0 Å². The molecule has 0 aliphatic carbocycles. The first kappa shape index (κ1) is 57.4. The van der Waals surface area contributed by atoms with Crippen molar-refractivity contribution < 1.29 is 28.6 Å². The van der Waals surface area contributed by atoms with Crippen LogP contribution in [0.15, 0.2) is 0 Å². The number of ether oxygens (including phenoxy) is 3. The third-order valence-electron chi connectivity index (χ3n) is 12.0. The second-order valence-electron chi connectivity index (χ2n) is 18.6. The minimum Gasteiger partial charge on any atom is -0.462 e. The largest absolute Gasteiger partial charge is 0.462 e. The first-order chi connectivity index (χ1) is 28.9. The molecule has 0 aliphatic rings. The Balaban J connectivity index is 4.25. The second-order valence-corrected chi connectivity index (χ2v) is 18.6. The molecule has 59 heavy (non-hydrogen) atoms. The Kier molecular flexibility index (Phi) is 46.2. The lowest BCUT2D eigenvalue weighted by atomic mass is 10.0. The minimum atomic E-state index is -0.761. The molecule has 0 bridgehead atoms. The first-order valence-corrected chi connectivity index (χ1v) is 26.4. The highest BCUT2D eigenvalue weighted by atomic mass is 16.6. The van der Waals surface area contributed by atoms with E-state index in [4.69, 9.17) is 14.2 Å². The van der Waals surface area contributed by atoms with Crippen LogP contribution >= 0.6 is 0 Å². The maximum atomic E-state index is 12.8. The molecular formula is C53H102O6. The molecule has 0 saturated heterocycles. The van der Waals surface area contributed by atoms with Gasteiger partial charge in [0.05, 0.1) is 0 Å². The quantitative estimate of drug-likeness (QED) is 0.0345. The van der Waals surface area contributed by atoms with Crippen molar-refractivity contribution in [3.63, 3.8) is 0 Å². The summed E-state index contributed by atoms with van der Waals surface area (Å²) in [5.74, 6) is -0.0847. The van der Waals surface area contributed by atoms with Gasteiger partial charge in [-0.3, -0.25) is 14.4 Å². The molecule has 0 saturated carbocycles. The van der Waals surface area contributed by atoms with Crippen molar-refractivity contribution in [2.45, 2.75) is 303 Å². The SMILES string of the molecule is CCCCCCCCCCCCCCCCCCCC(=O)OC[C@@H](COC(=O)CCCCCCCCC(C)C)OC(=O)CCCCCCCCCCCCCCCCC. The third kappa shape index (κ3) is 47.3. The maximum absolute atomic E-state index is 12.8. The van der Waals surface area contributed by atoms with Crippen molar-refractivity contribution in [1.29, 1.82) is 0 Å². The third-order valence-corrected chi connectivity index (χ3v) is 12.0. The van der Waals surface area contributed by atoms with Gasteiger partial charge in [-0.2, -0.15) is 0 Å². The van der Waals surface area contributed by atoms with Gasteiger partial charge in [0, 0.05) is 19.3 Å². The first-order valence-electron chi connectivity index (χ1n) is 26.4. The molecule has 0 aliphatic heterocycles. The zero-order chi connectivity index (χ0) is 43.1. The van der Waals surface area contributed by atoms with Gasteiger partial charge in [0.15, 0.2) is 6.10 Å². The monoisotopic (exact) mass is 835 g/mol. The van der Waals surface area contributed by atoms with Gasteiger partial charge in [-0.05, 0) is 25.2 Å². The Bertz CT molecular complexity index is 887. The highest BCUT2D eigenvalue weighted by Crippen LogP contribution is 2.17. The van der Waals surface area contributed by atoms with Crippen molar-refractivity contribution in [3.05, 3.63) is 0 Å². The molecule has 1 atom stereocenters. The Morgan fingerprint density at radius 3 is 0.831 bits per heavy atom. The number of carbonyl (C=O) groups excluding carboxylic acids is 3. The standard InChI is InChI=1S/C53H102O6/c1-5-7-9-11-13-15-17-19-21-22-24-25-27-29-31-36-40-44-51(54)57-47-50(48-58-52(55)45-41-37-34-33-35-39-43-49(3)4)59-53(56)46-42-38-32-30-28-26-23-20-18-16-14-12-10-8-6-2/h49-50H,5-48H2,1-4H3/t50-/m0/s1. The van der Waals surface area contributed by atoms with Gasteiger partial charge in [-0.15, -0.1) is 0 Å². The Morgan fingerprint density at radius 2 is 0.559 bits per heavy atom. The predicted octanol–water partition coefficient (Wildman–Crippen LogP) is 17.1. The molecule has 0 spiro atoms. The molecule has 0 radical (unpaired) electrons. The fourth-order valence-corrected chi connectivity index (χ4v) is 8.04. The van der Waals surface area contributed by atoms with Gasteiger partial charge in [-0.1, -0.05) is 259 Å². The molecular weight excluding hydrogens is 733 g/mol. The molecule has 0 fully saturated rings. The van der Waals surface area contributed by atoms with Crippen LogP contribution in [0, 0.1) is 5.92 Å². The molecule has 350 valence electrons. The number of esters is 3. The van der Waals surface area contributed by atoms with Crippen molar-refractivity contribution >= 4 is 17.9 Å². The predicted molar refractivity (Wildman–Crippen MR) is 252 cm³/mol. The van der Waals surface area contributed by atoms with Crippen molar-refractivity contribution in [2.75, 3.05) is 13.2 Å². The van der Waals surface area contributed by atoms with Gasteiger partial charge in [0.1, 0.15) is 13.2 Å². The minimum absolute atomic E-state index is 0.0634. The number of hydrogen-bond acceptors (Lipinski definition) is 6. The van der Waals surface area contributed by atoms with Crippen LogP contribution in [0.25, 0.3) is 0 Å². The topological polar surface area (TPSA) is 78.9 Å². The molecule has 0 unspecified atom stereocenters. The van der Waals surface area contributed by atoms with E-state index in [0.29, 0.717) is 19.3 Å². The van der Waals surface area contributed by atoms with Crippen LogP contribution in [-0.2, 0) is 28.6 Å². The number of hydrogen-bond donors (Lipinski definition) is 0. The van der Waals surface area contributed by atoms with Gasteiger partial charge in [0.2, 0.25) is 0 Å². The summed E-state index contributed by atoms with van der Waals surface area (Å²) in [4.78, 5) is 37.9. The molecule has 6 heteroatoms. The summed E-state index contributed by atoms with van der Waals surface area (Å²) < 4.78 is 16.8. The molecule has 0 rings (SSSR count). The van der Waals surface area contributed by atoms with E-state index in [9.17, 15) is 14.4 Å². The lowest BCUT2D eigenvalue weighted by Crippen LogP contribution is -2.30. The van der Waals surface area contributed by atoms with E-state index in [-0.39, 0.29) is 31.1 Å². The number of carbonyl (C=O) groups is 3. The van der Waals surface area contributed by atoms with Crippen molar-refractivity contribution in [3.8, 4) is 0 Å². The highest BCUT2D eigenvalue weighted by Gasteiger charge is 2.19. The Hall–Kier alpha value is -1.59. The smallest absolute Gasteiger partial charge is 0.306 e. The average Bonchev–Trinajstić information content (AvgIpc) is 3.22. The van der Waals surface area contributed by atoms with Gasteiger partial charge >= 0.3 is 17.9 Å². The van der Waals surface area contributed by atoms with E-state index < -0.39 is 6.10 Å². The van der Waals surface area contributed by atoms with Crippen molar-refractivity contribution in [2.24, 2.45) is 5.92 Å². The molecule has 0 heterocycles. The summed E-state index contributed by atoms with van der Waals surface area (Å²) >= 11 is 0. The summed E-state index contributed by atoms with van der Waals surface area (Å²) in [6.07, 6.45) is 49.6. The number of unbranched alkanes of at least 4 members (excludes halogenated alkanes) is 35. The van der Waals surface area contributed by atoms with Crippen LogP contribution in [0.4, 0.5) is 0 Å². The lowest BCUT2D eigenvalue weighted by Gasteiger charge is -2.18. The Labute approximate surface area is 368 Å². The molecule has 0 amide bonds. The maximum Gasteiger partial charge on any atom is 0.306 e. The summed E-state index contributed by atoms with van der Waals surface area (Å²) in [5.41, 5.74) is 0. The summed E-state index contributed by atoms with van der Waals surface area (Å²) in [7, 11) is 0. The zero-order valence-electron chi connectivity index (χ0n) is 40.2. The van der Waals surface area contributed by atoms with E-state index in [1.165, 1.54) is 193 Å². The Morgan fingerprint density at radius 1 is 0.322 bits per heavy atom. The molecule has 6 nitrogen and oxygen atoms in total. The van der Waals surface area contributed by atoms with Crippen LogP contribution < -0.4 is 0 Å². The van der Waals surface area contributed by atoms with Gasteiger partial charge in [-0.25, -0.2) is 0 Å². The van der Waals surface area contributed by atoms with Crippen LogP contribution in [0.3, 0.4) is 0 Å². The van der Waals surface area contributed by atoms with E-state index in [0.717, 1.165) is 63.7 Å². The number of rotatable bonds is 48. The molecule has 0 aromatic carbocycles. The van der Waals surface area contributed by atoms with Crippen molar-refractivity contribution in [1.82, 2.24) is 0 Å². The van der Waals surface area contributed by atoms with E-state index >= 15 is 0 Å². The van der Waals surface area contributed by atoms with Crippen LogP contribution in [0.2, 0.25) is 0 Å². The summed E-state index contributed by atoms with van der Waals surface area (Å²) in [5, 5.41) is 0. The normalized spacial score (nSPS) is 11.9. The molecule has 0 N–H and O–H groups in total. The highest BCUT2D eigenvalue weighted by molar-refractivity contribution is 5.71. The lowest BCUT2D eigenvalue weighted by molar-refractivity contribution is -0.167. The second kappa shape index (κ2) is 47.5. The summed E-state index contributed by atoms with van der Waals surface area (Å²) in [6.45, 7) is 8.96. The van der Waals surface area contributed by atoms with E-state index in [2.05, 4.69) is 27.7 Å². The fourth-order valence-electron chi connectivity index (χ4n) is 8.04. The van der Waals surface area contributed by atoms with Crippen LogP contribution in [-0.4, -0.2) is 37.2 Å². The van der Waals surface area contributed by atoms with Crippen LogP contribution in [0.1, 0.15) is 297 Å². The summed E-state index contributed by atoms with van der Waals surface area (Å²) in [6, 6.07) is 0.